The van der Waals surface area contributed by atoms with Crippen molar-refractivity contribution in [1.82, 2.24) is 14.8 Å². The molecule has 0 spiro atoms. The second kappa shape index (κ2) is 7.82. The third kappa shape index (κ3) is 4.24. The van der Waals surface area contributed by atoms with Crippen molar-refractivity contribution in [3.05, 3.63) is 46.9 Å². The zero-order valence-corrected chi connectivity index (χ0v) is 16.4. The highest BCUT2D eigenvalue weighted by Crippen LogP contribution is 2.34. The summed E-state index contributed by atoms with van der Waals surface area (Å²) in [5.41, 5.74) is -0.929. The highest BCUT2D eigenvalue weighted by molar-refractivity contribution is 7.14. The van der Waals surface area contributed by atoms with Crippen LogP contribution >= 0.6 is 11.3 Å². The number of aromatic nitrogens is 3. The summed E-state index contributed by atoms with van der Waals surface area (Å²) >= 11 is 1.00. The third-order valence-electron chi connectivity index (χ3n) is 3.97. The van der Waals surface area contributed by atoms with Crippen LogP contribution in [0.3, 0.4) is 0 Å². The molecule has 1 aromatic carbocycles. The molecule has 0 saturated carbocycles. The summed E-state index contributed by atoms with van der Waals surface area (Å²) in [5, 5.41) is 7.67. The molecule has 2 heterocycles. The Morgan fingerprint density at radius 1 is 1.31 bits per heavy atom. The van der Waals surface area contributed by atoms with Gasteiger partial charge in [-0.3, -0.25) is 14.8 Å². The third-order valence-corrected chi connectivity index (χ3v) is 4.73. The fourth-order valence-corrected chi connectivity index (χ4v) is 3.37. The van der Waals surface area contributed by atoms with Crippen molar-refractivity contribution < 1.29 is 27.1 Å². The Morgan fingerprint density at radius 3 is 2.62 bits per heavy atom. The van der Waals surface area contributed by atoms with Crippen LogP contribution in [-0.2, 0) is 6.18 Å². The van der Waals surface area contributed by atoms with Gasteiger partial charge in [-0.05, 0) is 32.0 Å². The molecule has 0 bridgehead atoms. The molecule has 0 fully saturated rings. The zero-order valence-electron chi connectivity index (χ0n) is 15.5. The summed E-state index contributed by atoms with van der Waals surface area (Å²) in [5.74, 6) is -1.50. The van der Waals surface area contributed by atoms with Crippen LogP contribution in [0.4, 0.5) is 22.7 Å². The van der Waals surface area contributed by atoms with Crippen molar-refractivity contribution in [3.63, 3.8) is 0 Å². The highest BCUT2D eigenvalue weighted by atomic mass is 32.1. The Balaban J connectivity index is 1.85. The number of nitrogens with zero attached hydrogens (tertiary/aromatic N) is 3. The van der Waals surface area contributed by atoms with E-state index >= 15 is 0 Å². The molecular weight excluding hydrogens is 412 g/mol. The van der Waals surface area contributed by atoms with Crippen molar-refractivity contribution >= 4 is 22.4 Å². The number of anilines is 1. The van der Waals surface area contributed by atoms with Gasteiger partial charge in [0.15, 0.2) is 22.4 Å². The molecule has 0 aliphatic heterocycles. The molecule has 0 aliphatic rings. The van der Waals surface area contributed by atoms with Crippen molar-refractivity contribution in [2.24, 2.45) is 0 Å². The summed E-state index contributed by atoms with van der Waals surface area (Å²) in [6, 6.07) is 3.65. The van der Waals surface area contributed by atoms with Crippen molar-refractivity contribution in [2.45, 2.75) is 26.1 Å². The normalized spacial score (nSPS) is 11.7. The predicted molar refractivity (Wildman–Crippen MR) is 99.6 cm³/mol. The standard InChI is InChI=1S/C18H16F4N4O2S/c1-9(2)26-15(18(20,21)22)11(7-23-26)16(27)25-17-24-13(8-29-17)10-4-5-14(28-3)12(19)6-10/h4-9H,1-3H3,(H,24,25,27). The Kier molecular flexibility index (Phi) is 5.60. The van der Waals surface area contributed by atoms with Crippen LogP contribution in [-0.4, -0.2) is 27.8 Å². The molecule has 2 aromatic heterocycles. The van der Waals surface area contributed by atoms with Gasteiger partial charge in [0.05, 0.1) is 24.6 Å². The summed E-state index contributed by atoms with van der Waals surface area (Å²) in [6.07, 6.45) is -3.87. The van der Waals surface area contributed by atoms with E-state index in [-0.39, 0.29) is 10.9 Å². The first-order chi connectivity index (χ1) is 13.6. The smallest absolute Gasteiger partial charge is 0.433 e. The molecule has 0 atom stereocenters. The van der Waals surface area contributed by atoms with Gasteiger partial charge in [0, 0.05) is 17.0 Å². The van der Waals surface area contributed by atoms with Crippen molar-refractivity contribution in [1.29, 1.82) is 0 Å². The second-order valence-electron chi connectivity index (χ2n) is 6.28. The number of nitrogens with one attached hydrogen (secondary N) is 1. The molecule has 1 N–H and O–H groups in total. The number of methoxy groups -OCH3 is 1. The zero-order chi connectivity index (χ0) is 21.3. The number of alkyl halides is 3. The molecule has 0 saturated heterocycles. The molecule has 154 valence electrons. The summed E-state index contributed by atoms with van der Waals surface area (Å²) in [4.78, 5) is 16.6. The monoisotopic (exact) mass is 428 g/mol. The molecule has 11 heteroatoms. The van der Waals surface area contributed by atoms with E-state index in [2.05, 4.69) is 15.4 Å². The van der Waals surface area contributed by atoms with E-state index in [1.807, 2.05) is 0 Å². The maximum Gasteiger partial charge on any atom is 0.433 e. The van der Waals surface area contributed by atoms with Crippen LogP contribution in [0.15, 0.2) is 29.8 Å². The van der Waals surface area contributed by atoms with Crippen LogP contribution in [0.1, 0.15) is 35.9 Å². The van der Waals surface area contributed by atoms with Gasteiger partial charge in [0.25, 0.3) is 5.91 Å². The van der Waals surface area contributed by atoms with Gasteiger partial charge >= 0.3 is 6.18 Å². The quantitative estimate of drug-likeness (QED) is 0.581. The first-order valence-electron chi connectivity index (χ1n) is 8.37. The molecule has 1 amide bonds. The van der Waals surface area contributed by atoms with Crippen LogP contribution in [0.2, 0.25) is 0 Å². The fourth-order valence-electron chi connectivity index (χ4n) is 2.66. The van der Waals surface area contributed by atoms with Crippen LogP contribution in [0, 0.1) is 5.82 Å². The maximum atomic E-state index is 13.9. The Labute approximate surface area is 167 Å². The minimum absolute atomic E-state index is 0.0688. The summed E-state index contributed by atoms with van der Waals surface area (Å²) in [7, 11) is 1.34. The lowest BCUT2D eigenvalue weighted by Gasteiger charge is -2.14. The number of hydrogen-bond donors (Lipinski definition) is 1. The van der Waals surface area contributed by atoms with E-state index in [0.717, 1.165) is 22.2 Å². The Hall–Kier alpha value is -2.95. The molecule has 0 unspecified atom stereocenters. The SMILES string of the molecule is COc1ccc(-c2csc(NC(=O)c3cnn(C(C)C)c3C(F)(F)F)n2)cc1F. The number of amides is 1. The average molecular weight is 428 g/mol. The Morgan fingerprint density at radius 2 is 2.03 bits per heavy atom. The molecule has 0 radical (unpaired) electrons. The lowest BCUT2D eigenvalue weighted by atomic mass is 10.1. The lowest BCUT2D eigenvalue weighted by Crippen LogP contribution is -2.22. The van der Waals surface area contributed by atoms with Gasteiger partial charge in [-0.1, -0.05) is 0 Å². The number of rotatable bonds is 5. The van der Waals surface area contributed by atoms with Gasteiger partial charge < -0.3 is 4.74 Å². The van der Waals surface area contributed by atoms with E-state index in [9.17, 15) is 22.4 Å². The van der Waals surface area contributed by atoms with Crippen molar-refractivity contribution in [2.75, 3.05) is 12.4 Å². The van der Waals surface area contributed by atoms with E-state index in [1.54, 1.807) is 11.4 Å². The minimum atomic E-state index is -4.75. The number of benzene rings is 1. The van der Waals surface area contributed by atoms with E-state index < -0.39 is 35.2 Å². The first-order valence-corrected chi connectivity index (χ1v) is 9.25. The van der Waals surface area contributed by atoms with Gasteiger partial charge in [-0.15, -0.1) is 11.3 Å². The van der Waals surface area contributed by atoms with Crippen LogP contribution in [0.5, 0.6) is 5.75 Å². The molecule has 3 rings (SSSR count). The molecule has 29 heavy (non-hydrogen) atoms. The van der Waals surface area contributed by atoms with Gasteiger partial charge in [-0.2, -0.15) is 18.3 Å². The summed E-state index contributed by atoms with van der Waals surface area (Å²) in [6.45, 7) is 3.07. The minimum Gasteiger partial charge on any atom is -0.494 e. The van der Waals surface area contributed by atoms with Crippen molar-refractivity contribution in [3.8, 4) is 17.0 Å². The number of thiazole rings is 1. The Bertz CT molecular complexity index is 1040. The average Bonchev–Trinajstić information content (AvgIpc) is 3.28. The number of ether oxygens (including phenoxy) is 1. The number of carbonyl (C=O) groups excluding carboxylic acids is 1. The summed E-state index contributed by atoms with van der Waals surface area (Å²) < 4.78 is 59.7. The van der Waals surface area contributed by atoms with Crippen LogP contribution < -0.4 is 10.1 Å². The van der Waals surface area contributed by atoms with Gasteiger partial charge in [0.2, 0.25) is 0 Å². The van der Waals surface area contributed by atoms with E-state index in [1.165, 1.54) is 33.1 Å². The highest BCUT2D eigenvalue weighted by Gasteiger charge is 2.40. The number of halogens is 4. The topological polar surface area (TPSA) is 69.0 Å². The van der Waals surface area contributed by atoms with E-state index in [0.29, 0.717) is 11.3 Å². The molecule has 0 aliphatic carbocycles. The van der Waals surface area contributed by atoms with Crippen LogP contribution in [0.25, 0.3) is 11.3 Å². The number of hydrogen-bond acceptors (Lipinski definition) is 5. The van der Waals surface area contributed by atoms with E-state index in [4.69, 9.17) is 4.74 Å². The second-order valence-corrected chi connectivity index (χ2v) is 7.14. The van der Waals surface area contributed by atoms with Gasteiger partial charge in [0.1, 0.15) is 0 Å². The predicted octanol–water partition coefficient (Wildman–Crippen LogP) is 5.01. The molecule has 3 aromatic rings. The molecule has 6 nitrogen and oxygen atoms in total. The van der Waals surface area contributed by atoms with Gasteiger partial charge in [-0.25, -0.2) is 9.37 Å². The lowest BCUT2D eigenvalue weighted by molar-refractivity contribution is -0.145. The largest absolute Gasteiger partial charge is 0.494 e. The maximum absolute atomic E-state index is 13.9. The first kappa shape index (κ1) is 20.8. The fraction of sp³-hybridized carbons (Fsp3) is 0.278. The molecular formula is C18H16F4N4O2S. The number of carbonyl (C=O) groups is 1.